The van der Waals surface area contributed by atoms with Crippen LogP contribution in [0, 0.1) is 6.92 Å². The Morgan fingerprint density at radius 2 is 1.95 bits per heavy atom. The van der Waals surface area contributed by atoms with Gasteiger partial charge in [0.05, 0.1) is 17.3 Å². The molecule has 19 heavy (non-hydrogen) atoms. The molecule has 0 unspecified atom stereocenters. The zero-order chi connectivity index (χ0) is 13.7. The molecule has 1 aromatic carbocycles. The molecule has 1 N–H and O–H groups in total. The normalized spacial score (nSPS) is 16.9. The van der Waals surface area contributed by atoms with Crippen molar-refractivity contribution in [3.63, 3.8) is 0 Å². The molecular weight excluding hydrogens is 260 g/mol. The van der Waals surface area contributed by atoms with Crippen LogP contribution in [0.2, 0.25) is 5.02 Å². The van der Waals surface area contributed by atoms with Crippen molar-refractivity contribution in [2.24, 2.45) is 0 Å². The van der Waals surface area contributed by atoms with Gasteiger partial charge in [-0.3, -0.25) is 9.69 Å². The molecule has 0 aliphatic carbocycles. The molecular formula is C15H21ClN2O. The third-order valence-electron chi connectivity index (χ3n) is 3.46. The van der Waals surface area contributed by atoms with E-state index in [1.54, 1.807) is 0 Å². The van der Waals surface area contributed by atoms with E-state index >= 15 is 0 Å². The second-order valence-corrected chi connectivity index (χ2v) is 5.63. The number of nitrogens with zero attached hydrogens (tertiary/aromatic N) is 1. The highest BCUT2D eigenvalue weighted by atomic mass is 35.5. The van der Waals surface area contributed by atoms with Crippen molar-refractivity contribution in [2.75, 3.05) is 25.0 Å². The SMILES string of the molecule is Cc1ccc(NC(=O)CN2CCCCCC2)c(Cl)c1. The van der Waals surface area contributed by atoms with Crippen LogP contribution >= 0.6 is 11.6 Å². The first-order chi connectivity index (χ1) is 9.15. The summed E-state index contributed by atoms with van der Waals surface area (Å²) in [5.74, 6) is 0.0210. The molecule has 0 aromatic heterocycles. The minimum atomic E-state index is 0.0210. The van der Waals surface area contributed by atoms with E-state index < -0.39 is 0 Å². The molecule has 0 spiro atoms. The molecule has 1 fully saturated rings. The zero-order valence-electron chi connectivity index (χ0n) is 11.4. The van der Waals surface area contributed by atoms with Crippen LogP contribution in [0.3, 0.4) is 0 Å². The van der Waals surface area contributed by atoms with Crippen molar-refractivity contribution >= 4 is 23.2 Å². The molecule has 1 heterocycles. The lowest BCUT2D eigenvalue weighted by Gasteiger charge is -2.19. The topological polar surface area (TPSA) is 32.3 Å². The predicted molar refractivity (Wildman–Crippen MR) is 79.7 cm³/mol. The van der Waals surface area contributed by atoms with Crippen molar-refractivity contribution in [2.45, 2.75) is 32.6 Å². The van der Waals surface area contributed by atoms with Gasteiger partial charge in [-0.25, -0.2) is 0 Å². The van der Waals surface area contributed by atoms with Crippen molar-refractivity contribution in [3.05, 3.63) is 28.8 Å². The summed E-state index contributed by atoms with van der Waals surface area (Å²) in [5.41, 5.74) is 1.79. The molecule has 1 saturated heterocycles. The molecule has 0 bridgehead atoms. The Bertz CT molecular complexity index is 440. The van der Waals surface area contributed by atoms with E-state index in [9.17, 15) is 4.79 Å². The second-order valence-electron chi connectivity index (χ2n) is 5.22. The minimum absolute atomic E-state index is 0.0210. The van der Waals surface area contributed by atoms with E-state index in [1.807, 2.05) is 25.1 Å². The quantitative estimate of drug-likeness (QED) is 0.920. The fraction of sp³-hybridized carbons (Fsp3) is 0.533. The van der Waals surface area contributed by atoms with Crippen LogP contribution in [0.4, 0.5) is 5.69 Å². The maximum atomic E-state index is 12.0. The van der Waals surface area contributed by atoms with Crippen LogP contribution < -0.4 is 5.32 Å². The summed E-state index contributed by atoms with van der Waals surface area (Å²) in [6.45, 7) is 4.49. The highest BCUT2D eigenvalue weighted by molar-refractivity contribution is 6.33. The van der Waals surface area contributed by atoms with Gasteiger partial charge in [0.25, 0.3) is 0 Å². The van der Waals surface area contributed by atoms with Gasteiger partial charge >= 0.3 is 0 Å². The summed E-state index contributed by atoms with van der Waals surface area (Å²) >= 11 is 6.11. The first kappa shape index (κ1) is 14.4. The van der Waals surface area contributed by atoms with Gasteiger partial charge in [0, 0.05) is 0 Å². The maximum Gasteiger partial charge on any atom is 0.238 e. The van der Waals surface area contributed by atoms with E-state index in [0.29, 0.717) is 17.3 Å². The Morgan fingerprint density at radius 1 is 1.26 bits per heavy atom. The van der Waals surface area contributed by atoms with Crippen LogP contribution in [0.5, 0.6) is 0 Å². The highest BCUT2D eigenvalue weighted by Crippen LogP contribution is 2.22. The molecule has 2 rings (SSSR count). The first-order valence-electron chi connectivity index (χ1n) is 6.93. The Morgan fingerprint density at radius 3 is 2.58 bits per heavy atom. The number of anilines is 1. The Kier molecular flexibility index (Phi) is 5.23. The summed E-state index contributed by atoms with van der Waals surface area (Å²) in [4.78, 5) is 14.2. The van der Waals surface area contributed by atoms with Gasteiger partial charge in [-0.15, -0.1) is 0 Å². The van der Waals surface area contributed by atoms with Gasteiger partial charge < -0.3 is 5.32 Å². The Balaban J connectivity index is 1.89. The molecule has 0 saturated carbocycles. The van der Waals surface area contributed by atoms with Gasteiger partial charge in [0.15, 0.2) is 0 Å². The summed E-state index contributed by atoms with van der Waals surface area (Å²) in [5, 5.41) is 3.49. The average molecular weight is 281 g/mol. The smallest absolute Gasteiger partial charge is 0.238 e. The fourth-order valence-electron chi connectivity index (χ4n) is 2.41. The van der Waals surface area contributed by atoms with Crippen molar-refractivity contribution in [1.29, 1.82) is 0 Å². The average Bonchev–Trinajstić information content (AvgIpc) is 2.61. The third-order valence-corrected chi connectivity index (χ3v) is 3.78. The molecule has 1 aromatic rings. The van der Waals surface area contributed by atoms with Gasteiger partial charge in [-0.2, -0.15) is 0 Å². The van der Waals surface area contributed by atoms with Gasteiger partial charge in [-0.1, -0.05) is 30.5 Å². The number of carbonyl (C=O) groups excluding carboxylic acids is 1. The van der Waals surface area contributed by atoms with Crippen LogP contribution in [0.15, 0.2) is 18.2 Å². The molecule has 4 heteroatoms. The van der Waals surface area contributed by atoms with Crippen LogP contribution in [-0.2, 0) is 4.79 Å². The van der Waals surface area contributed by atoms with Gasteiger partial charge in [0.1, 0.15) is 0 Å². The number of aryl methyl sites for hydroxylation is 1. The number of halogens is 1. The molecule has 0 atom stereocenters. The van der Waals surface area contributed by atoms with Gasteiger partial charge in [0.2, 0.25) is 5.91 Å². The monoisotopic (exact) mass is 280 g/mol. The van der Waals surface area contributed by atoms with E-state index in [4.69, 9.17) is 11.6 Å². The first-order valence-corrected chi connectivity index (χ1v) is 7.31. The third kappa shape index (κ3) is 4.51. The molecule has 1 aliphatic rings. The molecule has 1 amide bonds. The fourth-order valence-corrected chi connectivity index (χ4v) is 2.69. The maximum absolute atomic E-state index is 12.0. The lowest BCUT2D eigenvalue weighted by atomic mass is 10.2. The second kappa shape index (κ2) is 6.92. The number of likely N-dealkylation sites (tertiary alicyclic amines) is 1. The number of rotatable bonds is 3. The summed E-state index contributed by atoms with van der Waals surface area (Å²) in [7, 11) is 0. The van der Waals surface area contributed by atoms with E-state index in [0.717, 1.165) is 18.7 Å². The van der Waals surface area contributed by atoms with Crippen LogP contribution in [0.25, 0.3) is 0 Å². The van der Waals surface area contributed by atoms with Crippen molar-refractivity contribution in [1.82, 2.24) is 4.90 Å². The standard InChI is InChI=1S/C15H21ClN2O/c1-12-6-7-14(13(16)10-12)17-15(19)11-18-8-4-2-3-5-9-18/h6-7,10H,2-5,8-9,11H2,1H3,(H,17,19). The van der Waals surface area contributed by atoms with E-state index in [-0.39, 0.29) is 5.91 Å². The lowest BCUT2D eigenvalue weighted by Crippen LogP contribution is -2.33. The van der Waals surface area contributed by atoms with Crippen LogP contribution in [-0.4, -0.2) is 30.4 Å². The largest absolute Gasteiger partial charge is 0.324 e. The Labute approximate surface area is 119 Å². The number of benzene rings is 1. The number of hydrogen-bond acceptors (Lipinski definition) is 2. The molecule has 1 aliphatic heterocycles. The number of amides is 1. The summed E-state index contributed by atoms with van der Waals surface area (Å²) in [6.07, 6.45) is 4.95. The number of carbonyl (C=O) groups is 1. The zero-order valence-corrected chi connectivity index (χ0v) is 12.2. The Hall–Kier alpha value is -1.06. The lowest BCUT2D eigenvalue weighted by molar-refractivity contribution is -0.117. The van der Waals surface area contributed by atoms with Crippen LogP contribution in [0.1, 0.15) is 31.2 Å². The molecule has 3 nitrogen and oxygen atoms in total. The van der Waals surface area contributed by atoms with Gasteiger partial charge in [-0.05, 0) is 50.6 Å². The number of hydrogen-bond donors (Lipinski definition) is 1. The summed E-state index contributed by atoms with van der Waals surface area (Å²) < 4.78 is 0. The van der Waals surface area contributed by atoms with E-state index in [2.05, 4.69) is 10.2 Å². The molecule has 0 radical (unpaired) electrons. The summed E-state index contributed by atoms with van der Waals surface area (Å²) in [6, 6.07) is 5.68. The molecule has 104 valence electrons. The minimum Gasteiger partial charge on any atom is -0.324 e. The predicted octanol–water partition coefficient (Wildman–Crippen LogP) is 3.46. The highest BCUT2D eigenvalue weighted by Gasteiger charge is 2.13. The van der Waals surface area contributed by atoms with E-state index in [1.165, 1.54) is 25.7 Å². The van der Waals surface area contributed by atoms with Crippen molar-refractivity contribution < 1.29 is 4.79 Å². The number of nitrogens with one attached hydrogen (secondary N) is 1. The van der Waals surface area contributed by atoms with Crippen molar-refractivity contribution in [3.8, 4) is 0 Å².